The molecule has 4 heteroatoms. The van der Waals surface area contributed by atoms with Crippen molar-refractivity contribution in [1.82, 2.24) is 4.98 Å². The van der Waals surface area contributed by atoms with Gasteiger partial charge in [-0.05, 0) is 54.8 Å². The van der Waals surface area contributed by atoms with Crippen LogP contribution in [0.5, 0.6) is 0 Å². The minimum absolute atomic E-state index is 0.0183. The van der Waals surface area contributed by atoms with E-state index in [2.05, 4.69) is 4.98 Å². The molecule has 0 spiro atoms. The average molecular weight is 440 g/mol. The number of halogens is 1. The number of nitrogens with zero attached hydrogens (tertiary/aromatic N) is 1. The van der Waals surface area contributed by atoms with Crippen LogP contribution in [0.2, 0.25) is 5.02 Å². The van der Waals surface area contributed by atoms with Crippen LogP contribution in [0.1, 0.15) is 50.9 Å². The molecule has 1 aromatic heterocycles. The molecule has 0 bridgehead atoms. The second-order valence-corrected chi connectivity index (χ2v) is 8.10. The highest BCUT2D eigenvalue weighted by Gasteiger charge is 2.10. The molecule has 3 nitrogen and oxygen atoms in total. The Balaban J connectivity index is 1.47. The van der Waals surface area contributed by atoms with Crippen LogP contribution >= 0.6 is 11.6 Å². The second kappa shape index (κ2) is 9.71. The molecule has 0 atom stereocenters. The maximum atomic E-state index is 12.8. The molecule has 1 heterocycles. The molecule has 158 valence electrons. The standard InChI is InChI=1S/C28H22ClNO2/c1-19(31)26-8-3-2-6-21(26)12-16-28(32)23-7-4-5-20(17-23)9-14-25-15-11-22-10-13-24(29)18-27(22)30-25/h2-11,13-15,17-18H,12,16H2,1H3/b14-9+. The van der Waals surface area contributed by atoms with Crippen LogP contribution in [0.4, 0.5) is 0 Å². The third-order valence-electron chi connectivity index (χ3n) is 5.35. The van der Waals surface area contributed by atoms with Crippen LogP contribution in [0, 0.1) is 0 Å². The topological polar surface area (TPSA) is 47.0 Å². The van der Waals surface area contributed by atoms with Crippen molar-refractivity contribution >= 4 is 46.2 Å². The van der Waals surface area contributed by atoms with Crippen molar-refractivity contribution < 1.29 is 9.59 Å². The molecule has 0 aliphatic rings. The first kappa shape index (κ1) is 21.7. The minimum Gasteiger partial charge on any atom is -0.295 e. The lowest BCUT2D eigenvalue weighted by molar-refractivity contribution is 0.0977. The molecule has 0 saturated heterocycles. The van der Waals surface area contributed by atoms with Gasteiger partial charge in [-0.2, -0.15) is 0 Å². The smallest absolute Gasteiger partial charge is 0.163 e. The number of rotatable bonds is 7. The Hall–Kier alpha value is -3.56. The highest BCUT2D eigenvalue weighted by Crippen LogP contribution is 2.19. The van der Waals surface area contributed by atoms with Crippen molar-refractivity contribution in [3.63, 3.8) is 0 Å². The number of pyridine rings is 1. The van der Waals surface area contributed by atoms with E-state index in [-0.39, 0.29) is 11.6 Å². The van der Waals surface area contributed by atoms with Crippen molar-refractivity contribution in [3.8, 4) is 0 Å². The molecule has 32 heavy (non-hydrogen) atoms. The zero-order chi connectivity index (χ0) is 22.5. The summed E-state index contributed by atoms with van der Waals surface area (Å²) in [6.07, 6.45) is 4.76. The van der Waals surface area contributed by atoms with E-state index in [0.717, 1.165) is 27.7 Å². The highest BCUT2D eigenvalue weighted by molar-refractivity contribution is 6.31. The largest absolute Gasteiger partial charge is 0.295 e. The number of ketones is 2. The summed E-state index contributed by atoms with van der Waals surface area (Å²) < 4.78 is 0. The zero-order valence-electron chi connectivity index (χ0n) is 17.7. The van der Waals surface area contributed by atoms with E-state index in [1.165, 1.54) is 0 Å². The number of carbonyl (C=O) groups is 2. The van der Waals surface area contributed by atoms with E-state index in [1.54, 1.807) is 6.92 Å². The van der Waals surface area contributed by atoms with Gasteiger partial charge in [0.25, 0.3) is 0 Å². The number of carbonyl (C=O) groups excluding carboxylic acids is 2. The molecule has 0 fully saturated rings. The first-order valence-corrected chi connectivity index (χ1v) is 10.8. The number of hydrogen-bond donors (Lipinski definition) is 0. The quantitative estimate of drug-likeness (QED) is 0.289. The van der Waals surface area contributed by atoms with Crippen molar-refractivity contribution in [2.24, 2.45) is 0 Å². The molecule has 3 aromatic carbocycles. The average Bonchev–Trinajstić information content (AvgIpc) is 2.81. The third-order valence-corrected chi connectivity index (χ3v) is 5.58. The van der Waals surface area contributed by atoms with Gasteiger partial charge in [-0.15, -0.1) is 0 Å². The van der Waals surface area contributed by atoms with E-state index in [4.69, 9.17) is 11.6 Å². The Morgan fingerprint density at radius 2 is 1.72 bits per heavy atom. The number of benzene rings is 3. The first-order chi connectivity index (χ1) is 15.5. The maximum absolute atomic E-state index is 12.8. The fourth-order valence-electron chi connectivity index (χ4n) is 3.67. The number of aryl methyl sites for hydroxylation is 1. The molecule has 0 unspecified atom stereocenters. The van der Waals surface area contributed by atoms with Gasteiger partial charge in [-0.25, -0.2) is 4.98 Å². The van der Waals surface area contributed by atoms with Crippen LogP contribution in [-0.4, -0.2) is 16.6 Å². The Labute approximate surface area is 192 Å². The number of fused-ring (bicyclic) bond motifs is 1. The monoisotopic (exact) mass is 439 g/mol. The molecule has 0 amide bonds. The molecule has 4 rings (SSSR count). The van der Waals surface area contributed by atoms with Crippen molar-refractivity contribution in [2.75, 3.05) is 0 Å². The normalized spacial score (nSPS) is 11.2. The van der Waals surface area contributed by atoms with Gasteiger partial charge < -0.3 is 0 Å². The van der Waals surface area contributed by atoms with Crippen molar-refractivity contribution in [2.45, 2.75) is 19.8 Å². The molecule has 0 saturated carbocycles. The van der Waals surface area contributed by atoms with Crippen LogP contribution in [0.15, 0.2) is 78.9 Å². The lowest BCUT2D eigenvalue weighted by Crippen LogP contribution is -2.05. The predicted octanol–water partition coefficient (Wildman–Crippen LogP) is 7.08. The van der Waals surface area contributed by atoms with Gasteiger partial charge in [-0.1, -0.05) is 72.3 Å². The van der Waals surface area contributed by atoms with Gasteiger partial charge in [0.05, 0.1) is 11.2 Å². The number of hydrogen-bond acceptors (Lipinski definition) is 3. The molecule has 4 aromatic rings. The van der Waals surface area contributed by atoms with Crippen LogP contribution in [0.3, 0.4) is 0 Å². The predicted molar refractivity (Wildman–Crippen MR) is 131 cm³/mol. The van der Waals surface area contributed by atoms with Crippen molar-refractivity contribution in [3.05, 3.63) is 112 Å². The minimum atomic E-state index is 0.0183. The lowest BCUT2D eigenvalue weighted by atomic mass is 9.97. The summed E-state index contributed by atoms with van der Waals surface area (Å²) in [5.41, 5.74) is 4.83. The van der Waals surface area contributed by atoms with Crippen LogP contribution < -0.4 is 0 Å². The fraction of sp³-hybridized carbons (Fsp3) is 0.107. The third kappa shape index (κ3) is 5.19. The Bertz CT molecular complexity index is 1340. The Morgan fingerprint density at radius 1 is 0.906 bits per heavy atom. The lowest BCUT2D eigenvalue weighted by Gasteiger charge is -2.07. The fourth-order valence-corrected chi connectivity index (χ4v) is 3.84. The Kier molecular flexibility index (Phi) is 6.58. The highest BCUT2D eigenvalue weighted by atomic mass is 35.5. The van der Waals surface area contributed by atoms with E-state index < -0.39 is 0 Å². The summed E-state index contributed by atoms with van der Waals surface area (Å²) in [7, 11) is 0. The van der Waals surface area contributed by atoms with Gasteiger partial charge >= 0.3 is 0 Å². The Morgan fingerprint density at radius 3 is 2.56 bits per heavy atom. The SMILES string of the molecule is CC(=O)c1ccccc1CCC(=O)c1cccc(/C=C/c2ccc3ccc(Cl)cc3n2)c1. The molecule has 0 aliphatic heterocycles. The maximum Gasteiger partial charge on any atom is 0.163 e. The molecular weight excluding hydrogens is 418 g/mol. The molecule has 0 radical (unpaired) electrons. The van der Waals surface area contributed by atoms with E-state index >= 15 is 0 Å². The summed E-state index contributed by atoms with van der Waals surface area (Å²) in [4.78, 5) is 29.2. The molecular formula is C28H22ClNO2. The number of Topliss-reactive ketones (excluding diaryl/α,β-unsaturated/α-hetero) is 2. The van der Waals surface area contributed by atoms with Gasteiger partial charge in [0.2, 0.25) is 0 Å². The van der Waals surface area contributed by atoms with Crippen molar-refractivity contribution in [1.29, 1.82) is 0 Å². The van der Waals surface area contributed by atoms with E-state index in [9.17, 15) is 9.59 Å². The van der Waals surface area contributed by atoms with Gasteiger partial charge in [0.1, 0.15) is 0 Å². The van der Waals surface area contributed by atoms with E-state index in [1.807, 2.05) is 91.0 Å². The number of aromatic nitrogens is 1. The zero-order valence-corrected chi connectivity index (χ0v) is 18.5. The van der Waals surface area contributed by atoms with Gasteiger partial charge in [0.15, 0.2) is 11.6 Å². The van der Waals surface area contributed by atoms with Gasteiger partial charge in [0, 0.05) is 28.0 Å². The van der Waals surface area contributed by atoms with Crippen LogP contribution in [0.25, 0.3) is 23.1 Å². The summed E-state index contributed by atoms with van der Waals surface area (Å²) in [5.74, 6) is 0.0711. The van der Waals surface area contributed by atoms with E-state index in [0.29, 0.717) is 29.0 Å². The first-order valence-electron chi connectivity index (χ1n) is 10.5. The summed E-state index contributed by atoms with van der Waals surface area (Å²) in [6.45, 7) is 1.55. The summed E-state index contributed by atoms with van der Waals surface area (Å²) in [5, 5.41) is 1.69. The summed E-state index contributed by atoms with van der Waals surface area (Å²) >= 11 is 6.07. The molecule has 0 aliphatic carbocycles. The molecule has 0 N–H and O–H groups in total. The second-order valence-electron chi connectivity index (χ2n) is 7.67. The van der Waals surface area contributed by atoms with Gasteiger partial charge in [-0.3, -0.25) is 9.59 Å². The van der Waals surface area contributed by atoms with Crippen LogP contribution in [-0.2, 0) is 6.42 Å². The summed E-state index contributed by atoms with van der Waals surface area (Å²) in [6, 6.07) is 24.6.